The van der Waals surface area contributed by atoms with Crippen molar-refractivity contribution in [3.05, 3.63) is 145 Å². The minimum atomic E-state index is -0.812. The van der Waals surface area contributed by atoms with Crippen LogP contribution in [0.1, 0.15) is 69.2 Å². The maximum absolute atomic E-state index is 13.2. The van der Waals surface area contributed by atoms with Gasteiger partial charge in [-0.1, -0.05) is 78.9 Å². The second kappa shape index (κ2) is 26.0. The van der Waals surface area contributed by atoms with Gasteiger partial charge in [0.15, 0.2) is 0 Å². The summed E-state index contributed by atoms with van der Waals surface area (Å²) < 4.78 is 24.0. The third kappa shape index (κ3) is 14.4. The number of nitrogens with zero attached hydrogens (tertiary/aromatic N) is 2. The minimum absolute atomic E-state index is 0.00834. The Morgan fingerprint density at radius 3 is 1.70 bits per heavy atom. The van der Waals surface area contributed by atoms with E-state index >= 15 is 0 Å². The Kier molecular flexibility index (Phi) is 19.0. The fourth-order valence-electron chi connectivity index (χ4n) is 7.29. The predicted molar refractivity (Wildman–Crippen MR) is 254 cm³/mol. The number of amides is 2. The topological polar surface area (TPSA) is 207 Å². The van der Waals surface area contributed by atoms with Gasteiger partial charge in [-0.15, -0.1) is 0 Å². The monoisotopic (exact) mass is 894 g/mol. The van der Waals surface area contributed by atoms with E-state index in [-0.39, 0.29) is 56.8 Å². The molecule has 2 heterocycles. The molecule has 344 valence electrons. The van der Waals surface area contributed by atoms with E-state index in [0.717, 1.165) is 32.7 Å². The van der Waals surface area contributed by atoms with Crippen LogP contribution in [-0.2, 0) is 41.9 Å². The number of hydrogen-bond donors (Lipinski definition) is 4. The number of pyridine rings is 2. The zero-order valence-corrected chi connectivity index (χ0v) is 37.1. The molecule has 2 aromatic heterocycles. The van der Waals surface area contributed by atoms with Crippen molar-refractivity contribution in [1.82, 2.24) is 20.6 Å². The molecule has 0 saturated heterocycles. The lowest BCUT2D eigenvalue weighted by Gasteiger charge is -2.20. The number of carbonyl (C=O) groups excluding carboxylic acids is 4. The lowest BCUT2D eigenvalue weighted by atomic mass is 9.92. The van der Waals surface area contributed by atoms with Crippen LogP contribution in [0.15, 0.2) is 133 Å². The lowest BCUT2D eigenvalue weighted by molar-refractivity contribution is -0.149. The minimum Gasteiger partial charge on any atom is -0.493 e. The summed E-state index contributed by atoms with van der Waals surface area (Å²) in [6.45, 7) is 1.32. The van der Waals surface area contributed by atoms with Gasteiger partial charge in [-0.25, -0.2) is 9.59 Å². The van der Waals surface area contributed by atoms with Gasteiger partial charge in [0.1, 0.15) is 36.5 Å². The van der Waals surface area contributed by atoms with E-state index in [9.17, 15) is 19.2 Å². The quantitative estimate of drug-likeness (QED) is 0.0236. The standard InChI is InChI=1S/C52H58N6O8/c53-29-9-5-21-43(51(61)65-35-39-17-7-11-31-55-39)57-47(59)23-13-33-63-45-27-25-37-15-1-3-19-41(37)49(45)50-42-20-4-2-16-38(42)26-28-46(50)64-34-14-24-48(60)58-44(22-6-10-30-54)52(62)66-36-40-18-8-12-32-56-40/h1-4,7-8,11-12,15-21,25-28,31-32,44H,5-6,9-10,13-14,22-24,29-30,33-36,53-54H2,(H,57,59)(H,58,60)/b43-21+/t44-/m1/s1. The van der Waals surface area contributed by atoms with Gasteiger partial charge in [-0.3, -0.25) is 19.6 Å². The first-order valence-electron chi connectivity index (χ1n) is 22.5. The van der Waals surface area contributed by atoms with Crippen molar-refractivity contribution in [2.75, 3.05) is 26.3 Å². The molecule has 0 bridgehead atoms. The van der Waals surface area contributed by atoms with Gasteiger partial charge < -0.3 is 41.0 Å². The molecule has 66 heavy (non-hydrogen) atoms. The normalized spacial score (nSPS) is 11.8. The van der Waals surface area contributed by atoms with Gasteiger partial charge in [0.05, 0.1) is 24.6 Å². The highest BCUT2D eigenvalue weighted by atomic mass is 16.5. The largest absolute Gasteiger partial charge is 0.493 e. The number of fused-ring (bicyclic) bond motifs is 2. The Morgan fingerprint density at radius 1 is 0.591 bits per heavy atom. The lowest BCUT2D eigenvalue weighted by Crippen LogP contribution is -2.42. The smallest absolute Gasteiger partial charge is 0.354 e. The van der Waals surface area contributed by atoms with Crippen molar-refractivity contribution in [3.8, 4) is 22.6 Å². The van der Waals surface area contributed by atoms with E-state index in [4.69, 9.17) is 30.4 Å². The molecule has 14 nitrogen and oxygen atoms in total. The Bertz CT molecular complexity index is 2550. The molecule has 2 amide bonds. The molecule has 14 heteroatoms. The van der Waals surface area contributed by atoms with Crippen LogP contribution in [0.25, 0.3) is 32.7 Å². The molecule has 0 aliphatic rings. The molecule has 0 unspecified atom stereocenters. The average Bonchev–Trinajstić information content (AvgIpc) is 3.35. The third-order valence-electron chi connectivity index (χ3n) is 10.6. The fraction of sp³-hybridized carbons (Fsp3) is 0.308. The van der Waals surface area contributed by atoms with Gasteiger partial charge in [-0.2, -0.15) is 0 Å². The van der Waals surface area contributed by atoms with Gasteiger partial charge >= 0.3 is 11.9 Å². The summed E-state index contributed by atoms with van der Waals surface area (Å²) in [5.74, 6) is -0.608. The van der Waals surface area contributed by atoms with Crippen LogP contribution in [0.3, 0.4) is 0 Å². The second-order valence-corrected chi connectivity index (χ2v) is 15.6. The van der Waals surface area contributed by atoms with Gasteiger partial charge in [0, 0.05) is 36.4 Å². The summed E-state index contributed by atoms with van der Waals surface area (Å²) in [5, 5.41) is 9.48. The van der Waals surface area contributed by atoms with Crippen LogP contribution in [0.4, 0.5) is 0 Å². The molecule has 6 rings (SSSR count). The van der Waals surface area contributed by atoms with Crippen LogP contribution in [0.5, 0.6) is 11.5 Å². The number of aromatic nitrogens is 2. The number of allylic oxidation sites excluding steroid dienone is 1. The first-order chi connectivity index (χ1) is 32.3. The molecule has 0 spiro atoms. The Morgan fingerprint density at radius 2 is 1.14 bits per heavy atom. The summed E-state index contributed by atoms with van der Waals surface area (Å²) in [4.78, 5) is 60.9. The number of benzene rings is 4. The van der Waals surface area contributed by atoms with E-state index in [1.54, 1.807) is 48.8 Å². The van der Waals surface area contributed by atoms with Crippen LogP contribution in [0, 0.1) is 0 Å². The van der Waals surface area contributed by atoms with Crippen molar-refractivity contribution in [1.29, 1.82) is 0 Å². The fourth-order valence-corrected chi connectivity index (χ4v) is 7.29. The number of rotatable bonds is 26. The highest BCUT2D eigenvalue weighted by Crippen LogP contribution is 2.45. The summed E-state index contributed by atoms with van der Waals surface area (Å²) in [5.41, 5.74) is 14.3. The summed E-state index contributed by atoms with van der Waals surface area (Å²) in [7, 11) is 0. The highest BCUT2D eigenvalue weighted by molar-refractivity contribution is 6.09. The summed E-state index contributed by atoms with van der Waals surface area (Å²) in [6, 6.07) is 33.8. The summed E-state index contributed by atoms with van der Waals surface area (Å²) in [6.07, 6.45) is 8.73. The zero-order chi connectivity index (χ0) is 46.4. The number of ether oxygens (including phenoxy) is 4. The average molecular weight is 895 g/mol. The Hall–Kier alpha value is -7.16. The van der Waals surface area contributed by atoms with Crippen molar-refractivity contribution in [2.24, 2.45) is 11.5 Å². The second-order valence-electron chi connectivity index (χ2n) is 15.6. The summed E-state index contributed by atoms with van der Waals surface area (Å²) >= 11 is 0. The molecular weight excluding hydrogens is 837 g/mol. The van der Waals surface area contributed by atoms with E-state index in [1.807, 2.05) is 78.9 Å². The molecule has 0 saturated carbocycles. The van der Waals surface area contributed by atoms with E-state index in [0.29, 0.717) is 80.9 Å². The van der Waals surface area contributed by atoms with Crippen molar-refractivity contribution in [3.63, 3.8) is 0 Å². The number of esters is 2. The Labute approximate surface area is 385 Å². The van der Waals surface area contributed by atoms with E-state index in [2.05, 4.69) is 20.6 Å². The predicted octanol–water partition coefficient (Wildman–Crippen LogP) is 7.61. The number of hydrogen-bond acceptors (Lipinski definition) is 12. The van der Waals surface area contributed by atoms with E-state index in [1.165, 1.54) is 0 Å². The first-order valence-corrected chi connectivity index (χ1v) is 22.5. The highest BCUT2D eigenvalue weighted by Gasteiger charge is 2.23. The van der Waals surface area contributed by atoms with Crippen LogP contribution >= 0.6 is 0 Å². The van der Waals surface area contributed by atoms with Gasteiger partial charge in [0.25, 0.3) is 0 Å². The first kappa shape index (κ1) is 48.3. The molecule has 0 radical (unpaired) electrons. The number of carbonyl (C=O) groups is 4. The molecule has 6 N–H and O–H groups in total. The third-order valence-corrected chi connectivity index (χ3v) is 10.6. The molecular formula is C52H58N6O8. The molecule has 0 aliphatic carbocycles. The van der Waals surface area contributed by atoms with Crippen molar-refractivity contribution >= 4 is 45.3 Å². The molecule has 6 aromatic rings. The van der Waals surface area contributed by atoms with E-state index < -0.39 is 18.0 Å². The van der Waals surface area contributed by atoms with Gasteiger partial charge in [-0.05, 0) is 116 Å². The number of nitrogens with two attached hydrogens (primary N) is 2. The number of unbranched alkanes of at least 4 members (excludes halogenated alkanes) is 2. The Balaban J connectivity index is 1.12. The molecule has 0 aliphatic heterocycles. The molecule has 0 fully saturated rings. The van der Waals surface area contributed by atoms with Crippen LogP contribution in [-0.4, -0.2) is 66.1 Å². The van der Waals surface area contributed by atoms with Crippen molar-refractivity contribution in [2.45, 2.75) is 77.0 Å². The van der Waals surface area contributed by atoms with Crippen LogP contribution in [0.2, 0.25) is 0 Å². The maximum atomic E-state index is 13.2. The van der Waals surface area contributed by atoms with Crippen LogP contribution < -0.4 is 31.6 Å². The SMILES string of the molecule is NCCC/C=C(/NC(=O)CCCOc1ccc2ccccc2c1-c1c(OCCCC(=O)N[C@H](CCCCN)C(=O)OCc2ccccn2)ccc2ccccc12)C(=O)OCc1ccccn1. The zero-order valence-electron chi connectivity index (χ0n) is 37.1. The maximum Gasteiger partial charge on any atom is 0.354 e. The van der Waals surface area contributed by atoms with Crippen molar-refractivity contribution < 1.29 is 38.1 Å². The van der Waals surface area contributed by atoms with Gasteiger partial charge in [0.2, 0.25) is 11.8 Å². The molecule has 4 aromatic carbocycles. The number of nitrogens with one attached hydrogen (secondary N) is 2. The molecule has 1 atom stereocenters.